The molecule has 2 heterocycles. The molecule has 1 aliphatic rings. The lowest BCUT2D eigenvalue weighted by Crippen LogP contribution is -2.41. The van der Waals surface area contributed by atoms with Gasteiger partial charge in [0.25, 0.3) is 5.91 Å². The lowest BCUT2D eigenvalue weighted by Gasteiger charge is -2.35. The standard InChI is InChI=1S/C19H23NO2S/c1-4-16-15-9-11-23-18(15)8-10-20(16)19(21)12-22-17-7-5-6-13(2)14(17)3/h5-7,9,11,16H,4,8,10,12H2,1-3H3. The minimum atomic E-state index is 0.0783. The number of hydrogen-bond acceptors (Lipinski definition) is 3. The molecule has 23 heavy (non-hydrogen) atoms. The van der Waals surface area contributed by atoms with Crippen molar-refractivity contribution in [3.8, 4) is 5.75 Å². The molecule has 0 N–H and O–H groups in total. The van der Waals surface area contributed by atoms with Crippen LogP contribution in [0.1, 0.15) is 41.0 Å². The third kappa shape index (κ3) is 3.13. The first-order valence-corrected chi connectivity index (χ1v) is 9.04. The van der Waals surface area contributed by atoms with Crippen molar-refractivity contribution in [2.24, 2.45) is 0 Å². The van der Waals surface area contributed by atoms with Crippen LogP contribution in [0.4, 0.5) is 0 Å². The maximum Gasteiger partial charge on any atom is 0.261 e. The van der Waals surface area contributed by atoms with Gasteiger partial charge in [-0.25, -0.2) is 0 Å². The van der Waals surface area contributed by atoms with Gasteiger partial charge in [0.1, 0.15) is 5.75 Å². The van der Waals surface area contributed by atoms with E-state index in [2.05, 4.69) is 31.4 Å². The number of rotatable bonds is 4. The molecule has 1 amide bonds. The second kappa shape index (κ2) is 6.75. The topological polar surface area (TPSA) is 29.5 Å². The molecule has 3 rings (SSSR count). The Bertz CT molecular complexity index is 707. The molecule has 122 valence electrons. The summed E-state index contributed by atoms with van der Waals surface area (Å²) in [5, 5.41) is 2.13. The highest BCUT2D eigenvalue weighted by Crippen LogP contribution is 2.35. The number of fused-ring (bicyclic) bond motifs is 1. The smallest absolute Gasteiger partial charge is 0.261 e. The molecule has 0 bridgehead atoms. The highest BCUT2D eigenvalue weighted by Gasteiger charge is 2.30. The second-order valence-corrected chi connectivity index (χ2v) is 7.05. The Morgan fingerprint density at radius 2 is 2.17 bits per heavy atom. The molecule has 4 heteroatoms. The van der Waals surface area contributed by atoms with Gasteiger partial charge in [-0.2, -0.15) is 0 Å². The number of thiophene rings is 1. The van der Waals surface area contributed by atoms with Gasteiger partial charge in [0, 0.05) is 11.4 Å². The predicted octanol–water partition coefficient (Wildman–Crippen LogP) is 4.28. The average molecular weight is 329 g/mol. The molecule has 0 aliphatic carbocycles. The molecule has 0 radical (unpaired) electrons. The van der Waals surface area contributed by atoms with Gasteiger partial charge in [0.05, 0.1) is 6.04 Å². The van der Waals surface area contributed by atoms with E-state index in [9.17, 15) is 4.79 Å². The number of hydrogen-bond donors (Lipinski definition) is 0. The van der Waals surface area contributed by atoms with E-state index >= 15 is 0 Å². The van der Waals surface area contributed by atoms with E-state index in [4.69, 9.17) is 4.74 Å². The van der Waals surface area contributed by atoms with Crippen molar-refractivity contribution in [2.75, 3.05) is 13.2 Å². The number of ether oxygens (including phenoxy) is 1. The fourth-order valence-electron chi connectivity index (χ4n) is 3.24. The molecule has 0 fully saturated rings. The summed E-state index contributed by atoms with van der Waals surface area (Å²) in [6, 6.07) is 8.31. The van der Waals surface area contributed by atoms with Crippen LogP contribution in [0.2, 0.25) is 0 Å². The third-order valence-electron chi connectivity index (χ3n) is 4.71. The van der Waals surface area contributed by atoms with Gasteiger partial charge in [-0.1, -0.05) is 19.1 Å². The zero-order valence-electron chi connectivity index (χ0n) is 14.0. The highest BCUT2D eigenvalue weighted by atomic mass is 32.1. The summed E-state index contributed by atoms with van der Waals surface area (Å²) in [6.07, 6.45) is 1.90. The number of benzene rings is 1. The van der Waals surface area contributed by atoms with Crippen molar-refractivity contribution in [3.63, 3.8) is 0 Å². The third-order valence-corrected chi connectivity index (χ3v) is 5.70. The van der Waals surface area contributed by atoms with Crippen LogP contribution in [-0.4, -0.2) is 24.0 Å². The molecule has 1 aliphatic heterocycles. The summed E-state index contributed by atoms with van der Waals surface area (Å²) in [5.41, 5.74) is 3.61. The molecule has 1 aromatic carbocycles. The fraction of sp³-hybridized carbons (Fsp3) is 0.421. The van der Waals surface area contributed by atoms with E-state index in [1.54, 1.807) is 11.3 Å². The summed E-state index contributed by atoms with van der Waals surface area (Å²) in [4.78, 5) is 16.1. The van der Waals surface area contributed by atoms with E-state index < -0.39 is 0 Å². The molecule has 1 aromatic heterocycles. The number of carbonyl (C=O) groups excluding carboxylic acids is 1. The predicted molar refractivity (Wildman–Crippen MR) is 94.2 cm³/mol. The summed E-state index contributed by atoms with van der Waals surface area (Å²) in [7, 11) is 0. The Morgan fingerprint density at radius 1 is 1.35 bits per heavy atom. The van der Waals surface area contributed by atoms with Crippen molar-refractivity contribution in [2.45, 2.75) is 39.7 Å². The van der Waals surface area contributed by atoms with Crippen molar-refractivity contribution in [3.05, 3.63) is 51.2 Å². The first kappa shape index (κ1) is 16.1. The van der Waals surface area contributed by atoms with Gasteiger partial charge in [-0.15, -0.1) is 11.3 Å². The maximum atomic E-state index is 12.7. The van der Waals surface area contributed by atoms with Gasteiger partial charge >= 0.3 is 0 Å². The Hall–Kier alpha value is -1.81. The average Bonchev–Trinajstić information content (AvgIpc) is 3.03. The molecular weight excluding hydrogens is 306 g/mol. The Labute approximate surface area is 141 Å². The van der Waals surface area contributed by atoms with Gasteiger partial charge in [0.15, 0.2) is 6.61 Å². The number of amides is 1. The quantitative estimate of drug-likeness (QED) is 0.838. The molecule has 1 atom stereocenters. The summed E-state index contributed by atoms with van der Waals surface area (Å²) in [6.45, 7) is 7.13. The van der Waals surface area contributed by atoms with E-state index in [1.807, 2.05) is 24.0 Å². The van der Waals surface area contributed by atoms with E-state index in [-0.39, 0.29) is 18.6 Å². The molecule has 1 unspecified atom stereocenters. The van der Waals surface area contributed by atoms with Crippen LogP contribution in [0.25, 0.3) is 0 Å². The Kier molecular flexibility index (Phi) is 4.71. The Morgan fingerprint density at radius 3 is 2.96 bits per heavy atom. The van der Waals surface area contributed by atoms with E-state index in [0.717, 1.165) is 30.7 Å². The molecule has 0 spiro atoms. The number of nitrogens with zero attached hydrogens (tertiary/aromatic N) is 1. The molecular formula is C19H23NO2S. The zero-order chi connectivity index (χ0) is 16.4. The van der Waals surface area contributed by atoms with Crippen molar-refractivity contribution >= 4 is 17.2 Å². The van der Waals surface area contributed by atoms with Gasteiger partial charge in [-0.3, -0.25) is 4.79 Å². The van der Waals surface area contributed by atoms with Crippen molar-refractivity contribution < 1.29 is 9.53 Å². The van der Waals surface area contributed by atoms with E-state index in [0.29, 0.717) is 0 Å². The molecule has 0 saturated carbocycles. The van der Waals surface area contributed by atoms with Gasteiger partial charge in [-0.05, 0) is 60.9 Å². The lowest BCUT2D eigenvalue weighted by molar-refractivity contribution is -0.136. The van der Waals surface area contributed by atoms with Crippen LogP contribution in [0, 0.1) is 13.8 Å². The lowest BCUT2D eigenvalue weighted by atomic mass is 9.98. The van der Waals surface area contributed by atoms with Crippen LogP contribution >= 0.6 is 11.3 Å². The van der Waals surface area contributed by atoms with Crippen LogP contribution < -0.4 is 4.74 Å². The normalized spacial score (nSPS) is 17.0. The first-order valence-electron chi connectivity index (χ1n) is 8.16. The summed E-state index contributed by atoms with van der Waals surface area (Å²) >= 11 is 1.80. The van der Waals surface area contributed by atoms with Gasteiger partial charge < -0.3 is 9.64 Å². The second-order valence-electron chi connectivity index (χ2n) is 6.05. The van der Waals surface area contributed by atoms with Gasteiger partial charge in [0.2, 0.25) is 0 Å². The first-order chi connectivity index (χ1) is 11.1. The molecule has 0 saturated heterocycles. The SMILES string of the molecule is CCC1c2ccsc2CCN1C(=O)COc1cccc(C)c1C. The Balaban J connectivity index is 1.70. The highest BCUT2D eigenvalue weighted by molar-refractivity contribution is 7.10. The molecule has 2 aromatic rings. The van der Waals surface area contributed by atoms with Crippen molar-refractivity contribution in [1.82, 2.24) is 4.90 Å². The zero-order valence-corrected chi connectivity index (χ0v) is 14.8. The fourth-order valence-corrected chi connectivity index (χ4v) is 4.17. The van der Waals surface area contributed by atoms with E-state index in [1.165, 1.54) is 16.0 Å². The monoisotopic (exact) mass is 329 g/mol. The van der Waals surface area contributed by atoms with Crippen LogP contribution in [0.3, 0.4) is 0 Å². The van der Waals surface area contributed by atoms with Crippen LogP contribution in [-0.2, 0) is 11.2 Å². The number of aryl methyl sites for hydroxylation is 1. The summed E-state index contributed by atoms with van der Waals surface area (Å²) < 4.78 is 5.81. The number of carbonyl (C=O) groups is 1. The minimum absolute atomic E-state index is 0.0783. The van der Waals surface area contributed by atoms with Crippen LogP contribution in [0.15, 0.2) is 29.6 Å². The minimum Gasteiger partial charge on any atom is -0.483 e. The van der Waals surface area contributed by atoms with Crippen LogP contribution in [0.5, 0.6) is 5.75 Å². The summed E-state index contributed by atoms with van der Waals surface area (Å²) in [5.74, 6) is 0.884. The molecule has 3 nitrogen and oxygen atoms in total. The largest absolute Gasteiger partial charge is 0.483 e. The maximum absolute atomic E-state index is 12.7. The van der Waals surface area contributed by atoms with Crippen molar-refractivity contribution in [1.29, 1.82) is 0 Å².